The van der Waals surface area contributed by atoms with E-state index < -0.39 is 17.7 Å². The van der Waals surface area contributed by atoms with Gasteiger partial charge in [-0.1, -0.05) is 30.3 Å². The van der Waals surface area contributed by atoms with Crippen molar-refractivity contribution in [1.29, 1.82) is 0 Å². The van der Waals surface area contributed by atoms with Crippen molar-refractivity contribution in [2.75, 3.05) is 7.11 Å². The highest BCUT2D eigenvalue weighted by molar-refractivity contribution is 5.90. The van der Waals surface area contributed by atoms with Gasteiger partial charge in [-0.3, -0.25) is 4.90 Å². The fourth-order valence-electron chi connectivity index (χ4n) is 3.22. The van der Waals surface area contributed by atoms with Gasteiger partial charge in [-0.2, -0.15) is 0 Å². The van der Waals surface area contributed by atoms with E-state index in [0.717, 1.165) is 16.7 Å². The highest BCUT2D eigenvalue weighted by Gasteiger charge is 2.23. The lowest BCUT2D eigenvalue weighted by Gasteiger charge is -2.27. The van der Waals surface area contributed by atoms with Crippen LogP contribution in [0.3, 0.4) is 0 Å². The average molecular weight is 451 g/mol. The highest BCUT2D eigenvalue weighted by Crippen LogP contribution is 2.23. The second-order valence-electron chi connectivity index (χ2n) is 8.69. The van der Waals surface area contributed by atoms with Crippen LogP contribution in [0.2, 0.25) is 0 Å². The van der Waals surface area contributed by atoms with Gasteiger partial charge in [0.15, 0.2) is 0 Å². The van der Waals surface area contributed by atoms with Gasteiger partial charge >= 0.3 is 12.1 Å². The molecule has 0 bridgehead atoms. The Morgan fingerprint density at radius 1 is 0.939 bits per heavy atom. The Morgan fingerprint density at radius 3 is 2.30 bits per heavy atom. The number of nitrogens with zero attached hydrogens (tertiary/aromatic N) is 1. The SMILES string of the molecule is COC(=O)c1cc(CN(Cc2cc[nH]c2)C(=O)OC(C)(C)C)cc(OCc2ccccc2)c1. The number of nitrogens with one attached hydrogen (secondary N) is 1. The summed E-state index contributed by atoms with van der Waals surface area (Å²) in [5.74, 6) is 0.0402. The lowest BCUT2D eigenvalue weighted by Crippen LogP contribution is -2.36. The number of methoxy groups -OCH3 is 1. The van der Waals surface area contributed by atoms with Crippen molar-refractivity contribution in [3.63, 3.8) is 0 Å². The minimum absolute atomic E-state index is 0.229. The number of hydrogen-bond donors (Lipinski definition) is 1. The maximum absolute atomic E-state index is 12.9. The van der Waals surface area contributed by atoms with E-state index in [1.54, 1.807) is 23.2 Å². The van der Waals surface area contributed by atoms with E-state index in [0.29, 0.717) is 24.5 Å². The van der Waals surface area contributed by atoms with Gasteiger partial charge < -0.3 is 19.2 Å². The van der Waals surface area contributed by atoms with E-state index in [1.807, 2.05) is 69.4 Å². The van der Waals surface area contributed by atoms with Crippen molar-refractivity contribution in [3.05, 3.63) is 89.2 Å². The smallest absolute Gasteiger partial charge is 0.410 e. The first kappa shape index (κ1) is 23.9. The van der Waals surface area contributed by atoms with E-state index >= 15 is 0 Å². The quantitative estimate of drug-likeness (QED) is 0.470. The Kier molecular flexibility index (Phi) is 7.77. The van der Waals surface area contributed by atoms with Crippen LogP contribution in [0.1, 0.15) is 47.8 Å². The molecule has 0 atom stereocenters. The minimum Gasteiger partial charge on any atom is -0.489 e. The lowest BCUT2D eigenvalue weighted by atomic mass is 10.1. The Labute approximate surface area is 194 Å². The summed E-state index contributed by atoms with van der Waals surface area (Å²) in [6, 6.07) is 16.8. The zero-order valence-corrected chi connectivity index (χ0v) is 19.5. The summed E-state index contributed by atoms with van der Waals surface area (Å²) < 4.78 is 16.5. The first-order chi connectivity index (χ1) is 15.7. The Morgan fingerprint density at radius 2 is 1.67 bits per heavy atom. The molecule has 7 heteroatoms. The van der Waals surface area contributed by atoms with Gasteiger partial charge in [0.2, 0.25) is 0 Å². The first-order valence-electron chi connectivity index (χ1n) is 10.7. The molecule has 0 saturated heterocycles. The molecule has 3 rings (SSSR count). The van der Waals surface area contributed by atoms with Crippen LogP contribution in [0.15, 0.2) is 67.0 Å². The van der Waals surface area contributed by atoms with Crippen LogP contribution < -0.4 is 4.74 Å². The summed E-state index contributed by atoms with van der Waals surface area (Å²) in [5.41, 5.74) is 2.38. The molecule has 0 fully saturated rings. The van der Waals surface area contributed by atoms with Crippen molar-refractivity contribution < 1.29 is 23.8 Å². The van der Waals surface area contributed by atoms with Gasteiger partial charge in [0, 0.05) is 18.9 Å². The zero-order valence-electron chi connectivity index (χ0n) is 19.5. The van der Waals surface area contributed by atoms with Crippen molar-refractivity contribution >= 4 is 12.1 Å². The van der Waals surface area contributed by atoms with E-state index in [-0.39, 0.29) is 6.54 Å². The maximum atomic E-state index is 12.9. The number of carbonyl (C=O) groups is 2. The number of H-pyrrole nitrogens is 1. The summed E-state index contributed by atoms with van der Waals surface area (Å²) >= 11 is 0. The molecular formula is C26H30N2O5. The fourth-order valence-corrected chi connectivity index (χ4v) is 3.22. The van der Waals surface area contributed by atoms with Crippen molar-refractivity contribution in [1.82, 2.24) is 9.88 Å². The molecule has 33 heavy (non-hydrogen) atoms. The highest BCUT2D eigenvalue weighted by atomic mass is 16.6. The molecule has 2 aromatic carbocycles. The predicted octanol–water partition coefficient (Wildman–Crippen LogP) is 5.32. The number of esters is 1. The molecular weight excluding hydrogens is 420 g/mol. The van der Waals surface area contributed by atoms with E-state index in [9.17, 15) is 9.59 Å². The maximum Gasteiger partial charge on any atom is 0.410 e. The summed E-state index contributed by atoms with van der Waals surface area (Å²) in [6.07, 6.45) is 3.19. The summed E-state index contributed by atoms with van der Waals surface area (Å²) in [5, 5.41) is 0. The van der Waals surface area contributed by atoms with Crippen LogP contribution in [0, 0.1) is 0 Å². The number of hydrogen-bond acceptors (Lipinski definition) is 5. The predicted molar refractivity (Wildman–Crippen MR) is 125 cm³/mol. The number of aromatic amines is 1. The molecule has 1 N–H and O–H groups in total. The average Bonchev–Trinajstić information content (AvgIpc) is 3.29. The summed E-state index contributed by atoms with van der Waals surface area (Å²) in [4.78, 5) is 29.8. The third-order valence-corrected chi connectivity index (χ3v) is 4.70. The van der Waals surface area contributed by atoms with Crippen LogP contribution in [-0.2, 0) is 29.2 Å². The fraction of sp³-hybridized carbons (Fsp3) is 0.308. The number of carbonyl (C=O) groups excluding carboxylic acids is 2. The number of amides is 1. The molecule has 0 unspecified atom stereocenters. The van der Waals surface area contributed by atoms with E-state index in [2.05, 4.69) is 4.98 Å². The second-order valence-corrected chi connectivity index (χ2v) is 8.69. The normalized spacial score (nSPS) is 11.0. The molecule has 0 spiro atoms. The molecule has 174 valence electrons. The molecule has 1 aromatic heterocycles. The Bertz CT molecular complexity index is 1060. The molecule has 0 aliphatic heterocycles. The standard InChI is InChI=1S/C26H30N2O5/c1-26(2,3)33-25(30)28(16-20-10-11-27-15-20)17-21-12-22(24(29)31-4)14-23(13-21)32-18-19-8-6-5-7-9-19/h5-15,27H,16-18H2,1-4H3. The van der Waals surface area contributed by atoms with Crippen LogP contribution in [0.5, 0.6) is 5.75 Å². The summed E-state index contributed by atoms with van der Waals surface area (Å²) in [7, 11) is 1.33. The Balaban J connectivity index is 1.86. The molecule has 0 radical (unpaired) electrons. The molecule has 7 nitrogen and oxygen atoms in total. The molecule has 0 saturated carbocycles. The topological polar surface area (TPSA) is 80.9 Å². The van der Waals surface area contributed by atoms with Crippen molar-refractivity contribution in [2.45, 2.75) is 46.1 Å². The largest absolute Gasteiger partial charge is 0.489 e. The van der Waals surface area contributed by atoms with Crippen LogP contribution >= 0.6 is 0 Å². The zero-order chi connectivity index (χ0) is 23.8. The number of benzene rings is 2. The molecule has 1 heterocycles. The van der Waals surface area contributed by atoms with Crippen LogP contribution in [0.4, 0.5) is 4.79 Å². The van der Waals surface area contributed by atoms with E-state index in [4.69, 9.17) is 14.2 Å². The summed E-state index contributed by atoms with van der Waals surface area (Å²) in [6.45, 7) is 6.41. The molecule has 3 aromatic rings. The van der Waals surface area contributed by atoms with Gasteiger partial charge in [-0.05, 0) is 61.7 Å². The molecule has 0 aliphatic rings. The lowest BCUT2D eigenvalue weighted by molar-refractivity contribution is 0.0216. The Hall–Kier alpha value is -3.74. The van der Waals surface area contributed by atoms with Gasteiger partial charge in [0.1, 0.15) is 18.0 Å². The molecule has 1 amide bonds. The second kappa shape index (κ2) is 10.7. The van der Waals surface area contributed by atoms with E-state index in [1.165, 1.54) is 7.11 Å². The first-order valence-corrected chi connectivity index (χ1v) is 10.7. The van der Waals surface area contributed by atoms with Crippen LogP contribution in [-0.4, -0.2) is 34.7 Å². The van der Waals surface area contributed by atoms with Crippen LogP contribution in [0.25, 0.3) is 0 Å². The van der Waals surface area contributed by atoms with Crippen molar-refractivity contribution in [3.8, 4) is 5.75 Å². The van der Waals surface area contributed by atoms with Gasteiger partial charge in [-0.25, -0.2) is 9.59 Å². The number of ether oxygens (including phenoxy) is 3. The van der Waals surface area contributed by atoms with Gasteiger partial charge in [0.05, 0.1) is 19.2 Å². The van der Waals surface area contributed by atoms with Gasteiger partial charge in [-0.15, -0.1) is 0 Å². The third kappa shape index (κ3) is 7.42. The monoisotopic (exact) mass is 450 g/mol. The molecule has 0 aliphatic carbocycles. The number of rotatable bonds is 8. The van der Waals surface area contributed by atoms with Gasteiger partial charge in [0.25, 0.3) is 0 Å². The third-order valence-electron chi connectivity index (χ3n) is 4.70. The number of aromatic nitrogens is 1. The minimum atomic E-state index is -0.634. The van der Waals surface area contributed by atoms with Crippen molar-refractivity contribution in [2.24, 2.45) is 0 Å².